The molecule has 1 aliphatic rings. The van der Waals surface area contributed by atoms with Gasteiger partial charge in [0.25, 0.3) is 10.0 Å². The third-order valence-electron chi connectivity index (χ3n) is 8.92. The maximum absolute atomic E-state index is 14.9. The average Bonchev–Trinajstić information content (AvgIpc) is 3.14. The van der Waals surface area contributed by atoms with E-state index < -0.39 is 28.5 Å². The van der Waals surface area contributed by atoms with Crippen LogP contribution in [-0.2, 0) is 32.6 Å². The van der Waals surface area contributed by atoms with Crippen molar-refractivity contribution in [1.82, 2.24) is 10.2 Å². The summed E-state index contributed by atoms with van der Waals surface area (Å²) in [5.41, 5.74) is 1.70. The largest absolute Gasteiger partial charge is 0.492 e. The van der Waals surface area contributed by atoms with Gasteiger partial charge in [0.2, 0.25) is 11.8 Å². The van der Waals surface area contributed by atoms with Gasteiger partial charge in [-0.25, -0.2) is 8.42 Å². The number of rotatable bonds is 15. The minimum Gasteiger partial charge on any atom is -0.492 e. The molecule has 0 spiro atoms. The van der Waals surface area contributed by atoms with Crippen molar-refractivity contribution in [1.29, 1.82) is 0 Å². The molecule has 4 aromatic carbocycles. The highest BCUT2D eigenvalue weighted by atomic mass is 35.5. The summed E-state index contributed by atoms with van der Waals surface area (Å²) >= 11 is 14.2. The zero-order valence-electron chi connectivity index (χ0n) is 28.8. The zero-order valence-corrected chi connectivity index (χ0v) is 31.9. The van der Waals surface area contributed by atoms with Crippen molar-refractivity contribution < 1.29 is 22.7 Å². The van der Waals surface area contributed by atoms with Crippen LogP contribution in [-0.4, -0.2) is 56.6 Å². The predicted octanol–water partition coefficient (Wildman–Crippen LogP) is 8.40. The molecule has 1 N–H and O–H groups in total. The van der Waals surface area contributed by atoms with Gasteiger partial charge >= 0.3 is 0 Å². The summed E-state index contributed by atoms with van der Waals surface area (Å²) in [6, 6.07) is 26.8. The number of carbonyl (C=O) groups is 2. The van der Waals surface area contributed by atoms with E-state index in [2.05, 4.69) is 5.32 Å². The molecule has 8 nitrogen and oxygen atoms in total. The monoisotopic (exact) mass is 767 g/mol. The van der Waals surface area contributed by atoms with Crippen molar-refractivity contribution in [3.8, 4) is 5.75 Å². The maximum Gasteiger partial charge on any atom is 0.264 e. The lowest BCUT2D eigenvalue weighted by Crippen LogP contribution is -2.55. The number of benzene rings is 4. The number of nitrogens with one attached hydrogen (secondary N) is 1. The Morgan fingerprint density at radius 3 is 2.24 bits per heavy atom. The van der Waals surface area contributed by atoms with Gasteiger partial charge in [-0.3, -0.25) is 13.9 Å². The second-order valence-electron chi connectivity index (χ2n) is 12.4. The predicted molar refractivity (Wildman–Crippen MR) is 206 cm³/mol. The van der Waals surface area contributed by atoms with Crippen LogP contribution in [0.25, 0.3) is 0 Å². The molecule has 0 aromatic heterocycles. The molecule has 0 bridgehead atoms. The number of sulfonamides is 1. The Labute approximate surface area is 315 Å². The molecule has 12 heteroatoms. The number of hydrogen-bond donors (Lipinski definition) is 1. The second kappa shape index (κ2) is 18.2. The lowest BCUT2D eigenvalue weighted by molar-refractivity contribution is -0.140. The SMILES string of the molecule is CCOc1ccccc1N(CC(=O)N(Cc1ccc(Cl)c(Cl)c1)C(Cc1ccccc1)C(=O)NC1CCCCC1)S(=O)(=O)c1ccc(SC)cc1. The fraction of sp³-hybridized carbons (Fsp3) is 0.333. The number of nitrogens with zero attached hydrogens (tertiary/aromatic N) is 2. The van der Waals surface area contributed by atoms with Gasteiger partial charge < -0.3 is 15.0 Å². The molecule has 0 aliphatic heterocycles. The Bertz CT molecular complexity index is 1890. The highest BCUT2D eigenvalue weighted by molar-refractivity contribution is 7.98. The van der Waals surface area contributed by atoms with Crippen molar-refractivity contribution in [3.63, 3.8) is 0 Å². The van der Waals surface area contributed by atoms with Crippen LogP contribution >= 0.6 is 35.0 Å². The van der Waals surface area contributed by atoms with Gasteiger partial charge in [-0.1, -0.05) is 91.0 Å². The maximum atomic E-state index is 14.9. The summed E-state index contributed by atoms with van der Waals surface area (Å²) in [6.45, 7) is 1.47. The fourth-order valence-corrected chi connectivity index (χ4v) is 8.42. The normalized spacial score (nSPS) is 14.0. The van der Waals surface area contributed by atoms with Gasteiger partial charge in [0, 0.05) is 23.9 Å². The lowest BCUT2D eigenvalue weighted by atomic mass is 9.94. The van der Waals surface area contributed by atoms with E-state index in [1.165, 1.54) is 28.8 Å². The lowest BCUT2D eigenvalue weighted by Gasteiger charge is -2.35. The molecule has 1 aliphatic carbocycles. The molecular formula is C39H43Cl2N3O5S2. The topological polar surface area (TPSA) is 96.0 Å². The summed E-state index contributed by atoms with van der Waals surface area (Å²) in [6.07, 6.45) is 7.00. The number of para-hydroxylation sites is 2. The summed E-state index contributed by atoms with van der Waals surface area (Å²) < 4.78 is 36.0. The van der Waals surface area contributed by atoms with E-state index in [-0.39, 0.29) is 42.1 Å². The van der Waals surface area contributed by atoms with E-state index in [4.69, 9.17) is 27.9 Å². The van der Waals surface area contributed by atoms with E-state index >= 15 is 0 Å². The molecule has 1 unspecified atom stereocenters. The third-order valence-corrected chi connectivity index (χ3v) is 12.2. The Balaban J connectivity index is 1.60. The van der Waals surface area contributed by atoms with Crippen molar-refractivity contribution in [3.05, 3.63) is 118 Å². The number of anilines is 1. The van der Waals surface area contributed by atoms with E-state index in [0.29, 0.717) is 21.4 Å². The molecule has 5 rings (SSSR count). The van der Waals surface area contributed by atoms with Crippen LogP contribution < -0.4 is 14.4 Å². The van der Waals surface area contributed by atoms with Gasteiger partial charge in [-0.05, 0) is 85.7 Å². The highest BCUT2D eigenvalue weighted by Gasteiger charge is 2.36. The molecule has 270 valence electrons. The van der Waals surface area contributed by atoms with Crippen molar-refractivity contribution >= 4 is 62.5 Å². The molecular weight excluding hydrogens is 725 g/mol. The molecule has 1 atom stereocenters. The van der Waals surface area contributed by atoms with Crippen LogP contribution in [0.3, 0.4) is 0 Å². The minimum atomic E-state index is -4.30. The Kier molecular flexibility index (Phi) is 13.7. The fourth-order valence-electron chi connectivity index (χ4n) is 6.26. The molecule has 1 saturated carbocycles. The van der Waals surface area contributed by atoms with E-state index in [0.717, 1.165) is 46.9 Å². The first-order valence-corrected chi connectivity index (χ1v) is 20.5. The number of thioether (sulfide) groups is 1. The number of hydrogen-bond acceptors (Lipinski definition) is 6. The first kappa shape index (κ1) is 38.5. The standard InChI is InChI=1S/C39H43Cl2N3O5S2/c1-3-49-37-17-11-10-16-35(37)44(51(47,48)32-21-19-31(50-2)20-22-32)27-38(45)43(26-29-18-23-33(40)34(41)24-29)36(25-28-12-6-4-7-13-28)39(46)42-30-14-8-5-9-15-30/h4,6-7,10-13,16-24,30,36H,3,5,8-9,14-15,25-27H2,1-2H3,(H,42,46). The Morgan fingerprint density at radius 2 is 1.57 bits per heavy atom. The van der Waals surface area contributed by atoms with Crippen molar-refractivity contribution in [2.45, 2.75) is 73.9 Å². The summed E-state index contributed by atoms with van der Waals surface area (Å²) in [7, 11) is -4.30. The summed E-state index contributed by atoms with van der Waals surface area (Å²) in [5.74, 6) is -0.559. The highest BCUT2D eigenvalue weighted by Crippen LogP contribution is 2.34. The van der Waals surface area contributed by atoms with Crippen LogP contribution in [0.15, 0.2) is 107 Å². The van der Waals surface area contributed by atoms with Gasteiger partial charge in [0.15, 0.2) is 0 Å². The molecule has 4 aromatic rings. The molecule has 0 radical (unpaired) electrons. The molecule has 0 heterocycles. The van der Waals surface area contributed by atoms with E-state index in [1.54, 1.807) is 61.5 Å². The van der Waals surface area contributed by atoms with Crippen LogP contribution in [0.4, 0.5) is 5.69 Å². The van der Waals surface area contributed by atoms with E-state index in [1.807, 2.05) is 36.6 Å². The minimum absolute atomic E-state index is 0.00865. The Hall–Kier alpha value is -3.70. The van der Waals surface area contributed by atoms with Crippen molar-refractivity contribution in [2.75, 3.05) is 23.7 Å². The second-order valence-corrected chi connectivity index (χ2v) is 16.0. The summed E-state index contributed by atoms with van der Waals surface area (Å²) in [5, 5.41) is 3.88. The molecule has 1 fully saturated rings. The van der Waals surface area contributed by atoms with Gasteiger partial charge in [-0.15, -0.1) is 11.8 Å². The molecule has 51 heavy (non-hydrogen) atoms. The average molecular weight is 769 g/mol. The van der Waals surface area contributed by atoms with Crippen LogP contribution in [0.5, 0.6) is 5.75 Å². The van der Waals surface area contributed by atoms with Crippen molar-refractivity contribution in [2.24, 2.45) is 0 Å². The summed E-state index contributed by atoms with van der Waals surface area (Å²) in [4.78, 5) is 31.6. The number of carbonyl (C=O) groups excluding carboxylic acids is 2. The zero-order chi connectivity index (χ0) is 36.4. The van der Waals surface area contributed by atoms with Crippen LogP contribution in [0.2, 0.25) is 10.0 Å². The van der Waals surface area contributed by atoms with Crippen LogP contribution in [0, 0.1) is 0 Å². The molecule has 2 amide bonds. The van der Waals surface area contributed by atoms with Gasteiger partial charge in [0.05, 0.1) is 27.2 Å². The quantitative estimate of drug-likeness (QED) is 0.122. The smallest absolute Gasteiger partial charge is 0.264 e. The first-order chi connectivity index (χ1) is 24.6. The van der Waals surface area contributed by atoms with Gasteiger partial charge in [0.1, 0.15) is 18.3 Å². The van der Waals surface area contributed by atoms with Gasteiger partial charge in [-0.2, -0.15) is 0 Å². The number of amides is 2. The number of ether oxygens (including phenoxy) is 1. The van der Waals surface area contributed by atoms with Crippen LogP contribution in [0.1, 0.15) is 50.2 Å². The third kappa shape index (κ3) is 10.0. The first-order valence-electron chi connectivity index (χ1n) is 17.1. The van der Waals surface area contributed by atoms with E-state index in [9.17, 15) is 18.0 Å². The Morgan fingerprint density at radius 1 is 0.882 bits per heavy atom. The molecule has 0 saturated heterocycles. The number of halogens is 2.